The molecule has 3 nitrogen and oxygen atoms in total. The zero-order valence-corrected chi connectivity index (χ0v) is 12.3. The molecule has 0 aliphatic rings. The Balaban J connectivity index is 3.99. The zero-order chi connectivity index (χ0) is 10.3. The van der Waals surface area contributed by atoms with E-state index in [0.717, 1.165) is 35.9 Å². The summed E-state index contributed by atoms with van der Waals surface area (Å²) >= 11 is 0. The van der Waals surface area contributed by atoms with Crippen molar-refractivity contribution in [2.75, 3.05) is 13.2 Å². The molecule has 80 valence electrons. The normalized spacial score (nSPS) is 18.5. The van der Waals surface area contributed by atoms with Gasteiger partial charge in [-0.2, -0.15) is 0 Å². The first-order valence-electron chi connectivity index (χ1n) is 5.06. The average molecular weight is 221 g/mol. The molecule has 0 rings (SSSR count). The molecule has 5 heteroatoms. The second kappa shape index (κ2) is 6.72. The van der Waals surface area contributed by atoms with Crippen molar-refractivity contribution >= 4 is 18.8 Å². The molecule has 0 fully saturated rings. The zero-order valence-electron chi connectivity index (χ0n) is 9.30. The maximum atomic E-state index is 5.90. The van der Waals surface area contributed by atoms with Crippen molar-refractivity contribution in [1.29, 1.82) is 0 Å². The van der Waals surface area contributed by atoms with Gasteiger partial charge in [0.2, 0.25) is 0 Å². The largest absolute Gasteiger partial charge is 0.396 e. The van der Waals surface area contributed by atoms with Crippen LogP contribution in [-0.2, 0) is 8.85 Å². The van der Waals surface area contributed by atoms with E-state index in [9.17, 15) is 0 Å². The quantitative estimate of drug-likeness (QED) is 0.624. The van der Waals surface area contributed by atoms with E-state index in [1.54, 1.807) is 0 Å². The van der Waals surface area contributed by atoms with Crippen molar-refractivity contribution in [3.63, 3.8) is 0 Å². The summed E-state index contributed by atoms with van der Waals surface area (Å²) in [5, 5.41) is 0. The topological polar surface area (TPSA) is 44.5 Å². The van der Waals surface area contributed by atoms with Crippen molar-refractivity contribution in [1.82, 2.24) is 0 Å². The van der Waals surface area contributed by atoms with E-state index in [2.05, 4.69) is 13.5 Å². The second-order valence-electron chi connectivity index (χ2n) is 3.63. The first-order valence-corrected chi connectivity index (χ1v) is 8.73. The Morgan fingerprint density at radius 1 is 1.54 bits per heavy atom. The lowest BCUT2D eigenvalue weighted by Gasteiger charge is -2.28. The Morgan fingerprint density at radius 2 is 2.15 bits per heavy atom. The molecule has 0 heterocycles. The van der Waals surface area contributed by atoms with Crippen LogP contribution in [0.2, 0.25) is 12.6 Å². The van der Waals surface area contributed by atoms with Gasteiger partial charge in [0.1, 0.15) is 0 Å². The van der Waals surface area contributed by atoms with Crippen LogP contribution in [0.25, 0.3) is 0 Å². The highest BCUT2D eigenvalue weighted by molar-refractivity contribution is 6.66. The van der Waals surface area contributed by atoms with E-state index < -0.39 is 8.56 Å². The lowest BCUT2D eigenvalue weighted by Crippen LogP contribution is -2.42. The van der Waals surface area contributed by atoms with Crippen molar-refractivity contribution < 1.29 is 8.85 Å². The van der Waals surface area contributed by atoms with E-state index in [1.165, 1.54) is 0 Å². The third kappa shape index (κ3) is 6.39. The van der Waals surface area contributed by atoms with E-state index in [-0.39, 0.29) is 0 Å². The third-order valence-corrected chi connectivity index (χ3v) is 5.61. The molecular formula is C8H23NO2Si2. The van der Waals surface area contributed by atoms with Gasteiger partial charge in [0.15, 0.2) is 0 Å². The van der Waals surface area contributed by atoms with E-state index in [0.29, 0.717) is 5.73 Å². The van der Waals surface area contributed by atoms with Gasteiger partial charge in [-0.3, -0.25) is 0 Å². The highest BCUT2D eigenvalue weighted by atomic mass is 28.4. The smallest absolute Gasteiger partial charge is 0.334 e. The Labute approximate surface area is 85.7 Å². The molecule has 0 saturated carbocycles. The van der Waals surface area contributed by atoms with Gasteiger partial charge in [-0.05, 0) is 39.4 Å². The molecule has 0 radical (unpaired) electrons. The van der Waals surface area contributed by atoms with Crippen LogP contribution in [-0.4, -0.2) is 37.7 Å². The van der Waals surface area contributed by atoms with Gasteiger partial charge in [0, 0.05) is 22.6 Å². The van der Waals surface area contributed by atoms with Crippen molar-refractivity contribution in [3.8, 4) is 0 Å². The van der Waals surface area contributed by atoms with Gasteiger partial charge in [0.25, 0.3) is 0 Å². The summed E-state index contributed by atoms with van der Waals surface area (Å²) in [5.74, 6) is 0. The molecule has 2 atom stereocenters. The highest BCUT2D eigenvalue weighted by Crippen LogP contribution is 2.16. The minimum atomic E-state index is -1.88. The Kier molecular flexibility index (Phi) is 6.88. The highest BCUT2D eigenvalue weighted by Gasteiger charge is 2.31. The molecule has 2 N–H and O–H groups in total. The van der Waals surface area contributed by atoms with Gasteiger partial charge in [-0.15, -0.1) is 0 Å². The fourth-order valence-electron chi connectivity index (χ4n) is 1.39. The van der Waals surface area contributed by atoms with Gasteiger partial charge in [-0.1, -0.05) is 0 Å². The van der Waals surface area contributed by atoms with Crippen LogP contribution in [0.3, 0.4) is 0 Å². The van der Waals surface area contributed by atoms with Gasteiger partial charge >= 0.3 is 8.56 Å². The molecule has 0 aromatic rings. The van der Waals surface area contributed by atoms with Crippen LogP contribution < -0.4 is 5.73 Å². The van der Waals surface area contributed by atoms with Crippen LogP contribution in [0, 0.1) is 0 Å². The van der Waals surface area contributed by atoms with E-state index >= 15 is 0 Å². The summed E-state index contributed by atoms with van der Waals surface area (Å²) < 4.78 is 11.6. The average Bonchev–Trinajstić information content (AvgIpc) is 2.00. The minimum absolute atomic E-state index is 0.390. The SMILES string of the molecule is CCO[Si](C)(CCCN)OC(C)[SiH3]. The Hall–Kier alpha value is 0.314. The summed E-state index contributed by atoms with van der Waals surface area (Å²) in [7, 11) is -0.812. The molecule has 2 unspecified atom stereocenters. The summed E-state index contributed by atoms with van der Waals surface area (Å²) in [6.07, 6.45) is 1.01. The van der Waals surface area contributed by atoms with Crippen LogP contribution in [0.4, 0.5) is 0 Å². The number of hydrogen-bond acceptors (Lipinski definition) is 3. The van der Waals surface area contributed by atoms with Crippen LogP contribution in [0.15, 0.2) is 0 Å². The lowest BCUT2D eigenvalue weighted by molar-refractivity contribution is 0.170. The Morgan fingerprint density at radius 3 is 2.54 bits per heavy atom. The van der Waals surface area contributed by atoms with E-state index in [1.807, 2.05) is 6.92 Å². The molecular weight excluding hydrogens is 198 g/mol. The number of hydrogen-bond donors (Lipinski definition) is 1. The molecule has 0 aromatic heterocycles. The first kappa shape index (κ1) is 13.3. The fraction of sp³-hybridized carbons (Fsp3) is 1.00. The molecule has 0 amide bonds. The monoisotopic (exact) mass is 221 g/mol. The van der Waals surface area contributed by atoms with Crippen LogP contribution in [0.5, 0.6) is 0 Å². The van der Waals surface area contributed by atoms with E-state index in [4.69, 9.17) is 14.6 Å². The summed E-state index contributed by atoms with van der Waals surface area (Å²) in [4.78, 5) is 0. The van der Waals surface area contributed by atoms with Gasteiger partial charge < -0.3 is 14.6 Å². The lowest BCUT2D eigenvalue weighted by atomic mass is 10.5. The third-order valence-electron chi connectivity index (χ3n) is 1.77. The molecule has 0 aliphatic heterocycles. The Bertz CT molecular complexity index is 135. The first-order chi connectivity index (χ1) is 6.04. The second-order valence-corrected chi connectivity index (χ2v) is 8.54. The number of rotatable bonds is 7. The maximum absolute atomic E-state index is 5.90. The molecule has 0 bridgehead atoms. The summed E-state index contributed by atoms with van der Waals surface area (Å²) in [5.41, 5.74) is 5.87. The molecule has 0 saturated heterocycles. The molecule has 0 spiro atoms. The predicted octanol–water partition coefficient (Wildman–Crippen LogP) is 0.172. The predicted molar refractivity (Wildman–Crippen MR) is 62.2 cm³/mol. The summed E-state index contributed by atoms with van der Waals surface area (Å²) in [6.45, 7) is 7.75. The molecule has 0 aromatic carbocycles. The fourth-order valence-corrected chi connectivity index (χ4v) is 5.67. The van der Waals surface area contributed by atoms with Crippen LogP contribution in [0.1, 0.15) is 20.3 Å². The summed E-state index contributed by atoms with van der Waals surface area (Å²) in [6, 6.07) is 1.02. The van der Waals surface area contributed by atoms with Crippen molar-refractivity contribution in [2.24, 2.45) is 5.73 Å². The van der Waals surface area contributed by atoms with Crippen molar-refractivity contribution in [3.05, 3.63) is 0 Å². The number of nitrogens with two attached hydrogens (primary N) is 1. The molecule has 0 aliphatic carbocycles. The minimum Gasteiger partial charge on any atom is -0.396 e. The van der Waals surface area contributed by atoms with Gasteiger partial charge in [0.05, 0.1) is 0 Å². The van der Waals surface area contributed by atoms with Gasteiger partial charge in [-0.25, -0.2) is 0 Å². The standard InChI is InChI=1S/C8H23NO2Si2/c1-4-10-13(3,7-5-6-9)11-8(2)12/h8H,4-7,9H2,1-3,12H3. The van der Waals surface area contributed by atoms with Crippen LogP contribution >= 0.6 is 0 Å². The van der Waals surface area contributed by atoms with Crippen molar-refractivity contribution in [2.45, 2.75) is 38.6 Å². The maximum Gasteiger partial charge on any atom is 0.334 e. The molecule has 13 heavy (non-hydrogen) atoms.